The molecule has 34 heavy (non-hydrogen) atoms. The van der Waals surface area contributed by atoms with Gasteiger partial charge in [-0.15, -0.1) is 0 Å². The van der Waals surface area contributed by atoms with E-state index < -0.39 is 5.91 Å². The van der Waals surface area contributed by atoms with Gasteiger partial charge in [0.25, 0.3) is 5.91 Å². The Morgan fingerprint density at radius 1 is 1.12 bits per heavy atom. The number of hydrogen-bond acceptors (Lipinski definition) is 5. The van der Waals surface area contributed by atoms with E-state index in [1.54, 1.807) is 11.0 Å². The number of hydrogen-bond donors (Lipinski definition) is 1. The number of amides is 1. The number of amidine groups is 2. The molecule has 2 aromatic carbocycles. The first-order valence-corrected chi connectivity index (χ1v) is 12.5. The third-order valence-corrected chi connectivity index (χ3v) is 6.81. The average Bonchev–Trinajstić information content (AvgIpc) is 3.15. The van der Waals surface area contributed by atoms with Crippen LogP contribution in [0.4, 0.5) is 0 Å². The Hall–Kier alpha value is -2.84. The molecule has 0 atom stereocenters. The smallest absolute Gasteiger partial charge is 0.283 e. The summed E-state index contributed by atoms with van der Waals surface area (Å²) in [5, 5.41) is 8.94. The van der Waals surface area contributed by atoms with Gasteiger partial charge in [-0.05, 0) is 69.7 Å². The van der Waals surface area contributed by atoms with Crippen LogP contribution in [-0.4, -0.2) is 35.0 Å². The second-order valence-electron chi connectivity index (χ2n) is 8.98. The van der Waals surface area contributed by atoms with Crippen molar-refractivity contribution < 1.29 is 14.3 Å². The van der Waals surface area contributed by atoms with Crippen molar-refractivity contribution in [2.24, 2.45) is 4.99 Å². The number of rotatable bonds is 6. The maximum Gasteiger partial charge on any atom is 0.283 e. The van der Waals surface area contributed by atoms with Gasteiger partial charge in [0.2, 0.25) is 0 Å². The van der Waals surface area contributed by atoms with Crippen molar-refractivity contribution >= 4 is 50.7 Å². The monoisotopic (exact) mass is 539 g/mol. The normalized spacial score (nSPS) is 17.0. The largest absolute Gasteiger partial charge is 0.490 e. The van der Waals surface area contributed by atoms with Crippen molar-refractivity contribution in [2.45, 2.75) is 33.1 Å². The molecule has 0 aliphatic carbocycles. The second-order valence-corrected chi connectivity index (χ2v) is 11.0. The van der Waals surface area contributed by atoms with E-state index in [0.717, 1.165) is 20.7 Å². The minimum Gasteiger partial charge on any atom is -0.490 e. The summed E-state index contributed by atoms with van der Waals surface area (Å²) in [4.78, 5) is 19.2. The molecule has 0 unspecified atom stereocenters. The number of allylic oxidation sites excluding steroid dienone is 1. The van der Waals surface area contributed by atoms with Crippen LogP contribution in [0.15, 0.2) is 68.6 Å². The minimum absolute atomic E-state index is 0.111. The Morgan fingerprint density at radius 2 is 1.82 bits per heavy atom. The highest BCUT2D eigenvalue weighted by Gasteiger charge is 2.32. The third-order valence-electron chi connectivity index (χ3n) is 5.29. The first-order chi connectivity index (χ1) is 16.1. The summed E-state index contributed by atoms with van der Waals surface area (Å²) in [5.41, 5.74) is 2.40. The van der Waals surface area contributed by atoms with Gasteiger partial charge in [0, 0.05) is 11.1 Å². The average molecular weight is 540 g/mol. The molecule has 0 saturated carbocycles. The molecule has 4 rings (SSSR count). The number of fused-ring (bicyclic) bond motifs is 1. The van der Waals surface area contributed by atoms with Crippen LogP contribution in [-0.2, 0) is 10.2 Å². The lowest BCUT2D eigenvalue weighted by Crippen LogP contribution is -2.35. The predicted octanol–water partition coefficient (Wildman–Crippen LogP) is 6.37. The van der Waals surface area contributed by atoms with Crippen LogP contribution >= 0.6 is 27.7 Å². The number of carbonyl (C=O) groups is 1. The van der Waals surface area contributed by atoms with Crippen LogP contribution in [0.25, 0.3) is 6.08 Å². The zero-order valence-corrected chi connectivity index (χ0v) is 21.9. The molecular formula is C26H26BrN3O3S. The summed E-state index contributed by atoms with van der Waals surface area (Å²) in [6.45, 7) is 9.28. The van der Waals surface area contributed by atoms with Crippen molar-refractivity contribution in [1.82, 2.24) is 4.90 Å². The Labute approximate surface area is 212 Å². The summed E-state index contributed by atoms with van der Waals surface area (Å²) < 4.78 is 12.4. The van der Waals surface area contributed by atoms with Gasteiger partial charge >= 0.3 is 0 Å². The van der Waals surface area contributed by atoms with Gasteiger partial charge in [0.05, 0.1) is 10.0 Å². The van der Waals surface area contributed by atoms with E-state index in [-0.39, 0.29) is 16.8 Å². The van der Waals surface area contributed by atoms with E-state index >= 15 is 0 Å². The van der Waals surface area contributed by atoms with Crippen LogP contribution in [0.1, 0.15) is 38.8 Å². The standard InChI is InChI=1S/C26H26BrN3O3S/c1-16-15-30-23(28)20(24(31)29-25(30)34-16)13-17-5-10-22(21(27)14-17)33-12-11-32-19-8-6-18(7-9-19)26(2,3)4/h5-10,13-15,28H,11-12H2,1-4H3/b20-13-,28-23?. The van der Waals surface area contributed by atoms with Gasteiger partial charge in [0.1, 0.15) is 30.5 Å². The van der Waals surface area contributed by atoms with Gasteiger partial charge in [-0.3, -0.25) is 15.1 Å². The van der Waals surface area contributed by atoms with Crippen molar-refractivity contribution in [1.29, 1.82) is 5.41 Å². The molecule has 2 aliphatic heterocycles. The number of thioether (sulfide) groups is 1. The summed E-state index contributed by atoms with van der Waals surface area (Å²) in [6.07, 6.45) is 3.50. The molecule has 0 saturated heterocycles. The fourth-order valence-electron chi connectivity index (χ4n) is 3.45. The molecule has 176 valence electrons. The Morgan fingerprint density at radius 3 is 2.50 bits per heavy atom. The molecule has 0 aromatic heterocycles. The van der Waals surface area contributed by atoms with Crippen molar-refractivity contribution in [3.63, 3.8) is 0 Å². The molecule has 0 bridgehead atoms. The quantitative estimate of drug-likeness (QED) is 0.341. The fraction of sp³-hybridized carbons (Fsp3) is 0.269. The number of nitrogens with zero attached hydrogens (tertiary/aromatic N) is 2. The Bertz CT molecular complexity index is 1230. The maximum absolute atomic E-state index is 12.5. The molecule has 0 radical (unpaired) electrons. The molecule has 2 heterocycles. The zero-order valence-electron chi connectivity index (χ0n) is 19.5. The zero-order chi connectivity index (χ0) is 24.5. The van der Waals surface area contributed by atoms with Gasteiger partial charge < -0.3 is 9.47 Å². The van der Waals surface area contributed by atoms with E-state index in [0.29, 0.717) is 24.1 Å². The van der Waals surface area contributed by atoms with Crippen LogP contribution in [0.3, 0.4) is 0 Å². The Balaban J connectivity index is 1.35. The summed E-state index contributed by atoms with van der Waals surface area (Å²) in [6, 6.07) is 13.7. The number of benzene rings is 2. The van der Waals surface area contributed by atoms with Crippen LogP contribution < -0.4 is 9.47 Å². The van der Waals surface area contributed by atoms with Gasteiger partial charge in [-0.2, -0.15) is 4.99 Å². The van der Waals surface area contributed by atoms with Crippen molar-refractivity contribution in [3.8, 4) is 11.5 Å². The summed E-state index contributed by atoms with van der Waals surface area (Å²) in [5.74, 6) is 1.21. The molecule has 1 amide bonds. The third kappa shape index (κ3) is 5.45. The number of nitrogens with one attached hydrogen (secondary N) is 1. The number of ether oxygens (including phenoxy) is 2. The van der Waals surface area contributed by atoms with Crippen LogP contribution in [0, 0.1) is 5.41 Å². The van der Waals surface area contributed by atoms with Gasteiger partial charge in [0.15, 0.2) is 5.17 Å². The molecule has 2 aromatic rings. The van der Waals surface area contributed by atoms with Crippen molar-refractivity contribution in [3.05, 3.63) is 74.7 Å². The molecule has 0 spiro atoms. The second kappa shape index (κ2) is 9.80. The lowest BCUT2D eigenvalue weighted by molar-refractivity contribution is -0.114. The molecule has 2 aliphatic rings. The Kier molecular flexibility index (Phi) is 7.00. The molecule has 0 fully saturated rings. The molecule has 1 N–H and O–H groups in total. The van der Waals surface area contributed by atoms with Gasteiger partial charge in [-0.25, -0.2) is 0 Å². The predicted molar refractivity (Wildman–Crippen MR) is 142 cm³/mol. The molecule has 8 heteroatoms. The van der Waals surface area contributed by atoms with Crippen LogP contribution in [0.2, 0.25) is 0 Å². The first kappa shape index (κ1) is 24.3. The number of aliphatic imine (C=N–C) groups is 1. The topological polar surface area (TPSA) is 75.0 Å². The molecular weight excluding hydrogens is 514 g/mol. The van der Waals surface area contributed by atoms with E-state index in [1.807, 2.05) is 43.5 Å². The van der Waals surface area contributed by atoms with E-state index in [9.17, 15) is 4.79 Å². The highest BCUT2D eigenvalue weighted by Crippen LogP contribution is 2.33. The summed E-state index contributed by atoms with van der Waals surface area (Å²) in [7, 11) is 0. The number of halogens is 1. The van der Waals surface area contributed by atoms with Crippen molar-refractivity contribution in [2.75, 3.05) is 13.2 Å². The first-order valence-electron chi connectivity index (χ1n) is 10.9. The highest BCUT2D eigenvalue weighted by atomic mass is 79.9. The summed E-state index contributed by atoms with van der Waals surface area (Å²) >= 11 is 4.93. The highest BCUT2D eigenvalue weighted by molar-refractivity contribution is 9.10. The SMILES string of the molecule is CC1=CN2C(=N)/C(=C/c3ccc(OCCOc4ccc(C(C)(C)C)cc4)c(Br)c3)C(=O)N=C2S1. The fourth-order valence-corrected chi connectivity index (χ4v) is 4.78. The van der Waals surface area contributed by atoms with E-state index in [2.05, 4.69) is 53.8 Å². The molecule has 6 nitrogen and oxygen atoms in total. The van der Waals surface area contributed by atoms with E-state index in [4.69, 9.17) is 14.9 Å². The maximum atomic E-state index is 12.5. The minimum atomic E-state index is -0.406. The lowest BCUT2D eigenvalue weighted by atomic mass is 9.87. The van der Waals surface area contributed by atoms with Crippen LogP contribution in [0.5, 0.6) is 11.5 Å². The number of carbonyl (C=O) groups excluding carboxylic acids is 1. The lowest BCUT2D eigenvalue weighted by Gasteiger charge is -2.22. The van der Waals surface area contributed by atoms with E-state index in [1.165, 1.54) is 17.3 Å². The van der Waals surface area contributed by atoms with Gasteiger partial charge in [-0.1, -0.05) is 50.7 Å².